The van der Waals surface area contributed by atoms with Crippen LogP contribution in [0.4, 0.5) is 0 Å². The first-order valence-corrected chi connectivity index (χ1v) is 8.67. The summed E-state index contributed by atoms with van der Waals surface area (Å²) in [6.45, 7) is 2.14. The third kappa shape index (κ3) is 5.04. The Balaban J connectivity index is 1.53. The second-order valence-corrected chi connectivity index (χ2v) is 6.64. The van der Waals surface area contributed by atoms with Gasteiger partial charge in [0, 0.05) is 31.0 Å². The van der Waals surface area contributed by atoms with Crippen molar-refractivity contribution >= 4 is 5.91 Å². The zero-order valence-electron chi connectivity index (χ0n) is 15.2. The highest BCUT2D eigenvalue weighted by Crippen LogP contribution is 2.08. The summed E-state index contributed by atoms with van der Waals surface area (Å²) in [6, 6.07) is 17.9. The lowest BCUT2D eigenvalue weighted by Crippen LogP contribution is -2.22. The molecule has 0 spiro atoms. The molecule has 0 aliphatic carbocycles. The maximum absolute atomic E-state index is 12.3. The minimum atomic E-state index is -0.0620. The molecular formula is C21H24N4O. The van der Waals surface area contributed by atoms with Gasteiger partial charge in [0.05, 0.1) is 6.54 Å². The molecule has 134 valence electrons. The van der Waals surface area contributed by atoms with Crippen molar-refractivity contribution in [2.75, 3.05) is 14.1 Å². The highest BCUT2D eigenvalue weighted by atomic mass is 16.1. The van der Waals surface area contributed by atoms with Crippen molar-refractivity contribution in [2.45, 2.75) is 19.6 Å². The first-order chi connectivity index (χ1) is 12.6. The quantitative estimate of drug-likeness (QED) is 0.714. The summed E-state index contributed by atoms with van der Waals surface area (Å²) in [4.78, 5) is 14.5. The Morgan fingerprint density at radius 1 is 1.00 bits per heavy atom. The van der Waals surface area contributed by atoms with Gasteiger partial charge in [-0.2, -0.15) is 5.10 Å². The number of amides is 1. The lowest BCUT2D eigenvalue weighted by molar-refractivity contribution is 0.0951. The van der Waals surface area contributed by atoms with Gasteiger partial charge in [0.15, 0.2) is 0 Å². The zero-order valence-corrected chi connectivity index (χ0v) is 15.2. The Labute approximate surface area is 154 Å². The van der Waals surface area contributed by atoms with Crippen molar-refractivity contribution in [2.24, 2.45) is 0 Å². The summed E-state index contributed by atoms with van der Waals surface area (Å²) in [5.74, 6) is -0.0620. The van der Waals surface area contributed by atoms with Crippen LogP contribution in [0.15, 0.2) is 67.0 Å². The van der Waals surface area contributed by atoms with Gasteiger partial charge in [0.2, 0.25) is 0 Å². The first-order valence-electron chi connectivity index (χ1n) is 8.67. The Kier molecular flexibility index (Phi) is 5.81. The second kappa shape index (κ2) is 8.45. The van der Waals surface area contributed by atoms with E-state index in [1.165, 1.54) is 5.56 Å². The Bertz CT molecular complexity index is 821. The number of hydrogen-bond donors (Lipinski definition) is 1. The molecule has 0 aliphatic heterocycles. The summed E-state index contributed by atoms with van der Waals surface area (Å²) in [7, 11) is 4.10. The van der Waals surface area contributed by atoms with Gasteiger partial charge in [-0.3, -0.25) is 9.48 Å². The molecule has 0 saturated heterocycles. The average Bonchev–Trinajstić information content (AvgIpc) is 3.14. The first kappa shape index (κ1) is 17.9. The Hall–Kier alpha value is -2.92. The van der Waals surface area contributed by atoms with Crippen LogP contribution >= 0.6 is 0 Å². The fourth-order valence-corrected chi connectivity index (χ4v) is 2.75. The highest BCUT2D eigenvalue weighted by molar-refractivity contribution is 5.94. The van der Waals surface area contributed by atoms with Crippen molar-refractivity contribution < 1.29 is 4.79 Å². The van der Waals surface area contributed by atoms with Crippen LogP contribution in [-0.2, 0) is 19.6 Å². The number of carbonyl (C=O) groups excluding carboxylic acids is 1. The fraction of sp³-hybridized carbons (Fsp3) is 0.238. The number of aromatic nitrogens is 2. The van der Waals surface area contributed by atoms with E-state index >= 15 is 0 Å². The van der Waals surface area contributed by atoms with Gasteiger partial charge in [-0.25, -0.2) is 0 Å². The molecule has 1 aromatic heterocycles. The molecule has 0 aliphatic rings. The van der Waals surface area contributed by atoms with E-state index < -0.39 is 0 Å². The van der Waals surface area contributed by atoms with E-state index in [0.717, 1.165) is 17.7 Å². The predicted octanol–water partition coefficient (Wildman–Crippen LogP) is 2.92. The van der Waals surface area contributed by atoms with Crippen molar-refractivity contribution in [3.8, 4) is 0 Å². The minimum absolute atomic E-state index is 0.0620. The van der Waals surface area contributed by atoms with Crippen LogP contribution < -0.4 is 5.32 Å². The van der Waals surface area contributed by atoms with Gasteiger partial charge in [0.25, 0.3) is 5.91 Å². The molecule has 0 saturated carbocycles. The van der Waals surface area contributed by atoms with Crippen LogP contribution in [0.2, 0.25) is 0 Å². The molecule has 0 fully saturated rings. The van der Waals surface area contributed by atoms with Crippen LogP contribution in [0, 0.1) is 0 Å². The van der Waals surface area contributed by atoms with Crippen molar-refractivity contribution in [1.29, 1.82) is 0 Å². The van der Waals surface area contributed by atoms with Crippen molar-refractivity contribution in [3.05, 3.63) is 89.2 Å². The molecule has 5 nitrogen and oxygen atoms in total. The fourth-order valence-electron chi connectivity index (χ4n) is 2.75. The average molecular weight is 348 g/mol. The summed E-state index contributed by atoms with van der Waals surface area (Å²) in [6.07, 6.45) is 3.68. The van der Waals surface area contributed by atoms with Crippen LogP contribution in [0.25, 0.3) is 0 Å². The molecule has 0 radical (unpaired) electrons. The van der Waals surface area contributed by atoms with Gasteiger partial charge in [-0.05, 0) is 49.0 Å². The lowest BCUT2D eigenvalue weighted by Gasteiger charge is -2.10. The van der Waals surface area contributed by atoms with Crippen molar-refractivity contribution in [3.63, 3.8) is 0 Å². The molecule has 2 aromatic carbocycles. The van der Waals surface area contributed by atoms with Gasteiger partial charge in [-0.15, -0.1) is 0 Å². The summed E-state index contributed by atoms with van der Waals surface area (Å²) < 4.78 is 1.86. The number of nitrogens with one attached hydrogen (secondary N) is 1. The molecule has 3 aromatic rings. The maximum atomic E-state index is 12.3. The monoisotopic (exact) mass is 348 g/mol. The number of carbonyl (C=O) groups is 1. The number of benzene rings is 2. The standard InChI is InChI=1S/C21H24N4O/c1-24(2)15-18-6-4-17(5-7-18)14-22-21(26)20-10-8-19(9-11-20)16-25-13-3-12-23-25/h3-13H,14-16H2,1-2H3,(H,22,26). The molecule has 0 bridgehead atoms. The van der Waals surface area contributed by atoms with E-state index in [9.17, 15) is 4.79 Å². The minimum Gasteiger partial charge on any atom is -0.348 e. The number of hydrogen-bond acceptors (Lipinski definition) is 3. The topological polar surface area (TPSA) is 50.2 Å². The van der Waals surface area contributed by atoms with E-state index in [1.807, 2.05) is 41.2 Å². The number of rotatable bonds is 7. The molecule has 0 unspecified atom stereocenters. The Morgan fingerprint density at radius 3 is 2.27 bits per heavy atom. The van der Waals surface area contributed by atoms with Gasteiger partial charge in [0.1, 0.15) is 0 Å². The van der Waals surface area contributed by atoms with Gasteiger partial charge in [-0.1, -0.05) is 36.4 Å². The lowest BCUT2D eigenvalue weighted by atomic mass is 10.1. The summed E-state index contributed by atoms with van der Waals surface area (Å²) >= 11 is 0. The Morgan fingerprint density at radius 2 is 1.65 bits per heavy atom. The van der Waals surface area contributed by atoms with Crippen molar-refractivity contribution in [1.82, 2.24) is 20.0 Å². The summed E-state index contributed by atoms with van der Waals surface area (Å²) in [5, 5.41) is 7.16. The SMILES string of the molecule is CN(C)Cc1ccc(CNC(=O)c2ccc(Cn3cccn3)cc2)cc1. The van der Waals surface area contributed by atoms with E-state index in [2.05, 4.69) is 53.7 Å². The smallest absolute Gasteiger partial charge is 0.251 e. The predicted molar refractivity (Wildman–Crippen MR) is 103 cm³/mol. The third-order valence-corrected chi connectivity index (χ3v) is 4.09. The molecule has 1 amide bonds. The van der Waals surface area contributed by atoms with E-state index in [-0.39, 0.29) is 5.91 Å². The third-order valence-electron chi connectivity index (χ3n) is 4.09. The van der Waals surface area contributed by atoms with E-state index in [4.69, 9.17) is 0 Å². The van der Waals surface area contributed by atoms with Crippen LogP contribution in [0.3, 0.4) is 0 Å². The second-order valence-electron chi connectivity index (χ2n) is 6.64. The number of nitrogens with zero attached hydrogens (tertiary/aromatic N) is 3. The van der Waals surface area contributed by atoms with E-state index in [1.54, 1.807) is 6.20 Å². The molecule has 1 N–H and O–H groups in total. The van der Waals surface area contributed by atoms with Crippen LogP contribution in [0.5, 0.6) is 0 Å². The molecular weight excluding hydrogens is 324 g/mol. The van der Waals surface area contributed by atoms with E-state index in [0.29, 0.717) is 18.7 Å². The molecule has 1 heterocycles. The molecule has 3 rings (SSSR count). The van der Waals surface area contributed by atoms with Crippen LogP contribution in [-0.4, -0.2) is 34.7 Å². The largest absolute Gasteiger partial charge is 0.348 e. The normalized spacial score (nSPS) is 10.9. The van der Waals surface area contributed by atoms with Crippen LogP contribution in [0.1, 0.15) is 27.0 Å². The summed E-state index contributed by atoms with van der Waals surface area (Å²) in [5.41, 5.74) is 4.13. The molecule has 26 heavy (non-hydrogen) atoms. The highest BCUT2D eigenvalue weighted by Gasteiger charge is 2.06. The molecule has 5 heteroatoms. The van der Waals surface area contributed by atoms with Gasteiger partial charge >= 0.3 is 0 Å². The zero-order chi connectivity index (χ0) is 18.4. The van der Waals surface area contributed by atoms with Gasteiger partial charge < -0.3 is 10.2 Å². The maximum Gasteiger partial charge on any atom is 0.251 e. The molecule has 0 atom stereocenters.